The van der Waals surface area contributed by atoms with Gasteiger partial charge in [-0.05, 0) is 35.7 Å². The summed E-state index contributed by atoms with van der Waals surface area (Å²) in [6.45, 7) is 0.760. The molecule has 124 valence electrons. The molecule has 0 radical (unpaired) electrons. The SMILES string of the molecule is [N-]=[N+]=NCCOc1ccc2c(c1)CN(C1CCC(=O)NC1=O)C2=O. The topological polar surface area (TPSA) is 124 Å². The largest absolute Gasteiger partial charge is 0.493 e. The normalized spacial score (nSPS) is 19.6. The minimum Gasteiger partial charge on any atom is -0.493 e. The average molecular weight is 329 g/mol. The third kappa shape index (κ3) is 3.02. The summed E-state index contributed by atoms with van der Waals surface area (Å²) in [6.07, 6.45) is 0.560. The van der Waals surface area contributed by atoms with Crippen LogP contribution in [0.5, 0.6) is 5.75 Å². The number of amides is 3. The van der Waals surface area contributed by atoms with Crippen molar-refractivity contribution in [2.45, 2.75) is 25.4 Å². The lowest BCUT2D eigenvalue weighted by molar-refractivity contribution is -0.136. The van der Waals surface area contributed by atoms with Gasteiger partial charge in [-0.15, -0.1) is 0 Å². The minimum absolute atomic E-state index is 0.217. The van der Waals surface area contributed by atoms with Crippen molar-refractivity contribution in [2.75, 3.05) is 13.2 Å². The van der Waals surface area contributed by atoms with E-state index in [1.165, 1.54) is 4.90 Å². The Bertz CT molecular complexity index is 756. The molecular formula is C15H15N5O4. The zero-order chi connectivity index (χ0) is 17.1. The van der Waals surface area contributed by atoms with Crippen LogP contribution >= 0.6 is 0 Å². The van der Waals surface area contributed by atoms with Gasteiger partial charge in [0, 0.05) is 23.4 Å². The van der Waals surface area contributed by atoms with Gasteiger partial charge < -0.3 is 9.64 Å². The Morgan fingerprint density at radius 2 is 2.21 bits per heavy atom. The average Bonchev–Trinajstić information content (AvgIpc) is 2.88. The smallest absolute Gasteiger partial charge is 0.255 e. The number of ether oxygens (including phenoxy) is 1. The number of piperidine rings is 1. The third-order valence-corrected chi connectivity index (χ3v) is 4.02. The molecule has 2 heterocycles. The van der Waals surface area contributed by atoms with Gasteiger partial charge in [0.2, 0.25) is 11.8 Å². The standard InChI is InChI=1S/C15H15N5O4/c16-19-17-5-6-24-10-1-2-11-9(7-10)8-20(15(11)23)12-3-4-13(21)18-14(12)22/h1-2,7,12H,3-6,8H2,(H,18,21,22). The van der Waals surface area contributed by atoms with E-state index >= 15 is 0 Å². The number of carbonyl (C=O) groups excluding carboxylic acids is 3. The summed E-state index contributed by atoms with van der Waals surface area (Å²) in [5, 5.41) is 5.65. The number of azide groups is 1. The molecule has 0 saturated carbocycles. The van der Waals surface area contributed by atoms with Crippen LogP contribution in [-0.4, -0.2) is 41.8 Å². The number of rotatable bonds is 5. The van der Waals surface area contributed by atoms with Crippen LogP contribution in [0.15, 0.2) is 23.3 Å². The molecule has 0 spiro atoms. The molecule has 1 aromatic carbocycles. The zero-order valence-electron chi connectivity index (χ0n) is 12.8. The number of carbonyl (C=O) groups is 3. The lowest BCUT2D eigenvalue weighted by Gasteiger charge is -2.29. The van der Waals surface area contributed by atoms with E-state index in [-0.39, 0.29) is 31.4 Å². The van der Waals surface area contributed by atoms with Gasteiger partial charge in [0.1, 0.15) is 11.8 Å². The van der Waals surface area contributed by atoms with E-state index in [4.69, 9.17) is 10.3 Å². The minimum atomic E-state index is -0.628. The lowest BCUT2D eigenvalue weighted by atomic mass is 10.0. The van der Waals surface area contributed by atoms with Crippen LogP contribution in [0.3, 0.4) is 0 Å². The van der Waals surface area contributed by atoms with Gasteiger partial charge in [-0.3, -0.25) is 19.7 Å². The molecule has 9 heteroatoms. The highest BCUT2D eigenvalue weighted by Gasteiger charge is 2.39. The maximum absolute atomic E-state index is 12.5. The van der Waals surface area contributed by atoms with Gasteiger partial charge in [-0.2, -0.15) is 0 Å². The molecule has 1 fully saturated rings. The summed E-state index contributed by atoms with van der Waals surface area (Å²) in [7, 11) is 0. The van der Waals surface area contributed by atoms with E-state index in [1.807, 2.05) is 0 Å². The first-order valence-electron chi connectivity index (χ1n) is 7.51. The van der Waals surface area contributed by atoms with Gasteiger partial charge in [0.25, 0.3) is 5.91 Å². The number of hydrogen-bond donors (Lipinski definition) is 1. The van der Waals surface area contributed by atoms with Crippen molar-refractivity contribution >= 4 is 17.7 Å². The molecule has 1 aromatic rings. The van der Waals surface area contributed by atoms with Crippen LogP contribution in [0.25, 0.3) is 10.4 Å². The van der Waals surface area contributed by atoms with Crippen LogP contribution in [0.4, 0.5) is 0 Å². The van der Waals surface area contributed by atoms with Crippen molar-refractivity contribution in [1.82, 2.24) is 10.2 Å². The van der Waals surface area contributed by atoms with E-state index in [0.717, 1.165) is 5.56 Å². The summed E-state index contributed by atoms with van der Waals surface area (Å²) in [6, 6.07) is 4.44. The number of fused-ring (bicyclic) bond motifs is 1. The number of hydrogen-bond acceptors (Lipinski definition) is 5. The van der Waals surface area contributed by atoms with E-state index in [0.29, 0.717) is 24.3 Å². The van der Waals surface area contributed by atoms with Crippen LogP contribution < -0.4 is 10.1 Å². The Morgan fingerprint density at radius 3 is 2.96 bits per heavy atom. The van der Waals surface area contributed by atoms with Crippen molar-refractivity contribution in [2.24, 2.45) is 5.11 Å². The number of nitrogens with zero attached hydrogens (tertiary/aromatic N) is 4. The zero-order valence-corrected chi connectivity index (χ0v) is 12.8. The maximum atomic E-state index is 12.5. The highest BCUT2D eigenvalue weighted by Crippen LogP contribution is 2.30. The van der Waals surface area contributed by atoms with E-state index < -0.39 is 11.9 Å². The first-order valence-corrected chi connectivity index (χ1v) is 7.51. The maximum Gasteiger partial charge on any atom is 0.255 e. The Kier molecular flexibility index (Phi) is 4.35. The first kappa shape index (κ1) is 15.8. The number of benzene rings is 1. The first-order chi connectivity index (χ1) is 11.6. The van der Waals surface area contributed by atoms with Crippen molar-refractivity contribution in [3.63, 3.8) is 0 Å². The summed E-state index contributed by atoms with van der Waals surface area (Å²) < 4.78 is 5.47. The number of imide groups is 1. The van der Waals surface area contributed by atoms with Crippen molar-refractivity contribution in [1.29, 1.82) is 0 Å². The second-order valence-electron chi connectivity index (χ2n) is 5.52. The fourth-order valence-corrected chi connectivity index (χ4v) is 2.89. The Labute approximate surface area is 137 Å². The van der Waals surface area contributed by atoms with Crippen LogP contribution in [0, 0.1) is 0 Å². The van der Waals surface area contributed by atoms with Crippen LogP contribution in [-0.2, 0) is 16.1 Å². The third-order valence-electron chi connectivity index (χ3n) is 4.02. The predicted octanol–water partition coefficient (Wildman–Crippen LogP) is 1.14. The molecule has 24 heavy (non-hydrogen) atoms. The molecule has 0 aromatic heterocycles. The lowest BCUT2D eigenvalue weighted by Crippen LogP contribution is -2.52. The molecule has 1 unspecified atom stereocenters. The highest BCUT2D eigenvalue weighted by atomic mass is 16.5. The van der Waals surface area contributed by atoms with Gasteiger partial charge in [-0.1, -0.05) is 5.11 Å². The molecule has 0 bridgehead atoms. The molecule has 0 aliphatic carbocycles. The Morgan fingerprint density at radius 1 is 1.38 bits per heavy atom. The summed E-state index contributed by atoms with van der Waals surface area (Å²) >= 11 is 0. The van der Waals surface area contributed by atoms with Crippen molar-refractivity contribution in [3.8, 4) is 5.75 Å². The molecule has 9 nitrogen and oxygen atoms in total. The molecule has 3 amide bonds. The second kappa shape index (κ2) is 6.59. The molecule has 3 rings (SSSR count). The number of nitrogens with one attached hydrogen (secondary N) is 1. The summed E-state index contributed by atoms with van der Waals surface area (Å²) in [5.74, 6) is -0.394. The van der Waals surface area contributed by atoms with Crippen LogP contribution in [0.1, 0.15) is 28.8 Å². The molecule has 2 aliphatic rings. The fraction of sp³-hybridized carbons (Fsp3) is 0.400. The predicted molar refractivity (Wildman–Crippen MR) is 82.0 cm³/mol. The molecular weight excluding hydrogens is 314 g/mol. The van der Waals surface area contributed by atoms with E-state index in [9.17, 15) is 14.4 Å². The monoisotopic (exact) mass is 329 g/mol. The van der Waals surface area contributed by atoms with E-state index in [1.54, 1.807) is 18.2 Å². The molecule has 2 aliphatic heterocycles. The second-order valence-corrected chi connectivity index (χ2v) is 5.52. The van der Waals surface area contributed by atoms with Gasteiger partial charge in [0.15, 0.2) is 0 Å². The molecule has 1 N–H and O–H groups in total. The molecule has 1 atom stereocenters. The molecule has 1 saturated heterocycles. The highest BCUT2D eigenvalue weighted by molar-refractivity contribution is 6.05. The van der Waals surface area contributed by atoms with Crippen LogP contribution in [0.2, 0.25) is 0 Å². The van der Waals surface area contributed by atoms with Crippen molar-refractivity contribution in [3.05, 3.63) is 39.8 Å². The van der Waals surface area contributed by atoms with Gasteiger partial charge in [-0.25, -0.2) is 0 Å². The van der Waals surface area contributed by atoms with Crippen molar-refractivity contribution < 1.29 is 19.1 Å². The van der Waals surface area contributed by atoms with E-state index in [2.05, 4.69) is 15.3 Å². The fourth-order valence-electron chi connectivity index (χ4n) is 2.89. The Balaban J connectivity index is 1.71. The van der Waals surface area contributed by atoms with Gasteiger partial charge in [0.05, 0.1) is 13.2 Å². The van der Waals surface area contributed by atoms with Gasteiger partial charge >= 0.3 is 0 Å². The quantitative estimate of drug-likeness (QED) is 0.286. The summed E-state index contributed by atoms with van der Waals surface area (Å²) in [5.41, 5.74) is 9.52. The Hall–Kier alpha value is -3.06. The summed E-state index contributed by atoms with van der Waals surface area (Å²) in [4.78, 5) is 39.8.